The minimum absolute atomic E-state index is 0.0174. The Morgan fingerprint density at radius 1 is 1.08 bits per heavy atom. The van der Waals surface area contributed by atoms with Crippen LogP contribution in [0.1, 0.15) is 43.5 Å². The zero-order valence-electron chi connectivity index (χ0n) is 20.9. The van der Waals surface area contributed by atoms with E-state index < -0.39 is 17.2 Å². The Morgan fingerprint density at radius 3 is 2.49 bits per heavy atom. The zero-order chi connectivity index (χ0) is 27.1. The molecule has 0 atom stereocenters. The van der Waals surface area contributed by atoms with E-state index in [0.29, 0.717) is 22.4 Å². The SMILES string of the molecule is Cc1cnc(C(C)(C)C)nc1-c1ccc(Cl)c(-n2c(C)nc(OCc3ccc(F)cc3F)c(Br)c2=O)c1. The molecule has 0 bridgehead atoms. The number of rotatable bonds is 5. The predicted molar refractivity (Wildman–Crippen MR) is 142 cm³/mol. The van der Waals surface area contributed by atoms with Crippen LogP contribution < -0.4 is 10.3 Å². The lowest BCUT2D eigenvalue weighted by molar-refractivity contribution is 0.283. The molecule has 0 aliphatic rings. The van der Waals surface area contributed by atoms with Gasteiger partial charge in [0.2, 0.25) is 5.88 Å². The molecular formula is C27H24BrClF2N4O2. The number of aromatic nitrogens is 4. The smallest absolute Gasteiger partial charge is 0.276 e. The summed E-state index contributed by atoms with van der Waals surface area (Å²) < 4.78 is 34.2. The van der Waals surface area contributed by atoms with E-state index >= 15 is 0 Å². The monoisotopic (exact) mass is 588 g/mol. The summed E-state index contributed by atoms with van der Waals surface area (Å²) in [5, 5.41) is 0.340. The van der Waals surface area contributed by atoms with Crippen molar-refractivity contribution in [3.05, 3.63) is 96.9 Å². The van der Waals surface area contributed by atoms with Crippen LogP contribution in [0.2, 0.25) is 5.02 Å². The molecule has 0 aliphatic carbocycles. The Labute approximate surface area is 226 Å². The number of aryl methyl sites for hydroxylation is 2. The minimum Gasteiger partial charge on any atom is -0.472 e. The third kappa shape index (κ3) is 5.57. The Balaban J connectivity index is 1.75. The van der Waals surface area contributed by atoms with E-state index in [1.54, 1.807) is 25.3 Å². The summed E-state index contributed by atoms with van der Waals surface area (Å²) in [6, 6.07) is 8.49. The van der Waals surface area contributed by atoms with Crippen molar-refractivity contribution in [2.24, 2.45) is 0 Å². The maximum absolute atomic E-state index is 14.0. The van der Waals surface area contributed by atoms with E-state index in [0.717, 1.165) is 29.0 Å². The van der Waals surface area contributed by atoms with Crippen LogP contribution in [0.3, 0.4) is 0 Å². The average molecular weight is 590 g/mol. The van der Waals surface area contributed by atoms with Gasteiger partial charge in [0, 0.05) is 28.8 Å². The molecule has 37 heavy (non-hydrogen) atoms. The fourth-order valence-electron chi connectivity index (χ4n) is 3.67. The topological polar surface area (TPSA) is 69.9 Å². The predicted octanol–water partition coefficient (Wildman–Crippen LogP) is 6.88. The van der Waals surface area contributed by atoms with E-state index in [9.17, 15) is 13.6 Å². The molecule has 4 rings (SSSR count). The van der Waals surface area contributed by atoms with Gasteiger partial charge < -0.3 is 4.74 Å². The highest BCUT2D eigenvalue weighted by atomic mass is 79.9. The van der Waals surface area contributed by atoms with E-state index in [1.807, 2.05) is 33.8 Å². The molecule has 192 valence electrons. The van der Waals surface area contributed by atoms with Crippen LogP contribution in [0.4, 0.5) is 8.78 Å². The van der Waals surface area contributed by atoms with Gasteiger partial charge in [-0.1, -0.05) is 38.4 Å². The van der Waals surface area contributed by atoms with Crippen molar-refractivity contribution in [1.82, 2.24) is 19.5 Å². The molecular weight excluding hydrogens is 566 g/mol. The maximum atomic E-state index is 14.0. The Morgan fingerprint density at radius 2 is 1.81 bits per heavy atom. The Hall–Kier alpha value is -3.17. The van der Waals surface area contributed by atoms with Gasteiger partial charge in [0.25, 0.3) is 5.56 Å². The van der Waals surface area contributed by atoms with Gasteiger partial charge in [-0.25, -0.2) is 18.7 Å². The molecule has 0 unspecified atom stereocenters. The summed E-state index contributed by atoms with van der Waals surface area (Å²) in [6.07, 6.45) is 1.78. The second kappa shape index (κ2) is 10.3. The van der Waals surface area contributed by atoms with Gasteiger partial charge in [0.05, 0.1) is 16.4 Å². The second-order valence-corrected chi connectivity index (χ2v) is 10.8. The normalized spacial score (nSPS) is 11.6. The quantitative estimate of drug-likeness (QED) is 0.254. The largest absolute Gasteiger partial charge is 0.472 e. The van der Waals surface area contributed by atoms with Gasteiger partial charge in [-0.15, -0.1) is 0 Å². The lowest BCUT2D eigenvalue weighted by Gasteiger charge is -2.19. The van der Waals surface area contributed by atoms with Gasteiger partial charge in [-0.3, -0.25) is 9.36 Å². The third-order valence-electron chi connectivity index (χ3n) is 5.65. The molecule has 0 spiro atoms. The molecule has 0 amide bonds. The molecule has 0 radical (unpaired) electrons. The molecule has 6 nitrogen and oxygen atoms in total. The van der Waals surface area contributed by atoms with E-state index in [2.05, 4.69) is 25.9 Å². The summed E-state index contributed by atoms with van der Waals surface area (Å²) in [5.74, 6) is -0.460. The number of halogens is 4. The average Bonchev–Trinajstić information content (AvgIpc) is 2.82. The molecule has 2 heterocycles. The first kappa shape index (κ1) is 26.9. The van der Waals surface area contributed by atoms with Crippen molar-refractivity contribution < 1.29 is 13.5 Å². The molecule has 0 aliphatic heterocycles. The molecule has 0 saturated heterocycles. The van der Waals surface area contributed by atoms with Crippen LogP contribution in [0.5, 0.6) is 5.88 Å². The third-order valence-corrected chi connectivity index (χ3v) is 6.65. The summed E-state index contributed by atoms with van der Waals surface area (Å²) in [7, 11) is 0. The molecule has 0 N–H and O–H groups in total. The van der Waals surface area contributed by atoms with Crippen molar-refractivity contribution in [3.63, 3.8) is 0 Å². The Kier molecular flexibility index (Phi) is 7.48. The fraction of sp³-hybridized carbons (Fsp3) is 0.259. The van der Waals surface area contributed by atoms with Crippen LogP contribution in [0.25, 0.3) is 16.9 Å². The molecule has 0 fully saturated rings. The molecule has 10 heteroatoms. The zero-order valence-corrected chi connectivity index (χ0v) is 23.2. The maximum Gasteiger partial charge on any atom is 0.276 e. The number of ether oxygens (including phenoxy) is 1. The van der Waals surface area contributed by atoms with Crippen molar-refractivity contribution in [1.29, 1.82) is 0 Å². The molecule has 4 aromatic rings. The molecule has 0 saturated carbocycles. The first-order valence-electron chi connectivity index (χ1n) is 11.4. The van der Waals surface area contributed by atoms with E-state index in [4.69, 9.17) is 21.3 Å². The lowest BCUT2D eigenvalue weighted by Crippen LogP contribution is -2.24. The molecule has 2 aromatic carbocycles. The van der Waals surface area contributed by atoms with Crippen molar-refractivity contribution in [2.75, 3.05) is 0 Å². The Bertz CT molecular complexity index is 1570. The van der Waals surface area contributed by atoms with Crippen LogP contribution in [-0.2, 0) is 12.0 Å². The first-order valence-corrected chi connectivity index (χ1v) is 12.5. The van der Waals surface area contributed by atoms with Crippen LogP contribution in [0.15, 0.2) is 51.9 Å². The van der Waals surface area contributed by atoms with Crippen molar-refractivity contribution >= 4 is 27.5 Å². The first-order chi connectivity index (χ1) is 17.4. The highest BCUT2D eigenvalue weighted by Gasteiger charge is 2.21. The van der Waals surface area contributed by atoms with Crippen LogP contribution in [0, 0.1) is 25.5 Å². The van der Waals surface area contributed by atoms with Gasteiger partial charge in [0.1, 0.15) is 34.4 Å². The van der Waals surface area contributed by atoms with Gasteiger partial charge >= 0.3 is 0 Å². The van der Waals surface area contributed by atoms with Gasteiger partial charge in [-0.05, 0) is 59.6 Å². The summed E-state index contributed by atoms with van der Waals surface area (Å²) in [5.41, 5.74) is 2.21. The summed E-state index contributed by atoms with van der Waals surface area (Å²) >= 11 is 9.79. The minimum atomic E-state index is -0.751. The lowest BCUT2D eigenvalue weighted by atomic mass is 9.95. The van der Waals surface area contributed by atoms with E-state index in [1.165, 1.54) is 10.6 Å². The number of benzene rings is 2. The highest BCUT2D eigenvalue weighted by Crippen LogP contribution is 2.31. The van der Waals surface area contributed by atoms with Crippen LogP contribution >= 0.6 is 27.5 Å². The highest BCUT2D eigenvalue weighted by molar-refractivity contribution is 9.10. The van der Waals surface area contributed by atoms with Gasteiger partial charge in [0.15, 0.2) is 0 Å². The number of nitrogens with zero attached hydrogens (tertiary/aromatic N) is 4. The van der Waals surface area contributed by atoms with Crippen LogP contribution in [-0.4, -0.2) is 19.5 Å². The number of hydrogen-bond acceptors (Lipinski definition) is 5. The van der Waals surface area contributed by atoms with E-state index in [-0.39, 0.29) is 27.9 Å². The fourth-order valence-corrected chi connectivity index (χ4v) is 4.26. The van der Waals surface area contributed by atoms with Gasteiger partial charge in [-0.2, -0.15) is 4.98 Å². The summed E-state index contributed by atoms with van der Waals surface area (Å²) in [6.45, 7) is 9.43. The number of hydrogen-bond donors (Lipinski definition) is 0. The summed E-state index contributed by atoms with van der Waals surface area (Å²) in [4.78, 5) is 27.0. The molecule has 2 aromatic heterocycles. The standard InChI is InChI=1S/C27H24BrClF2N4O2/c1-14-12-32-26(27(3,4)5)34-23(14)16-7-9-19(29)21(10-16)35-15(2)33-24(22(28)25(35)36)37-13-17-6-8-18(30)11-20(17)31/h6-12H,13H2,1-5H3. The van der Waals surface area contributed by atoms with Crippen molar-refractivity contribution in [3.8, 4) is 22.8 Å². The van der Waals surface area contributed by atoms with Crippen molar-refractivity contribution in [2.45, 2.75) is 46.6 Å². The second-order valence-electron chi connectivity index (χ2n) is 9.58.